The quantitative estimate of drug-likeness (QED) is 0.674. The normalized spacial score (nSPS) is 21.0. The van der Waals surface area contributed by atoms with E-state index in [1.165, 1.54) is 6.07 Å². The van der Waals surface area contributed by atoms with E-state index in [1.807, 2.05) is 23.1 Å². The van der Waals surface area contributed by atoms with Crippen molar-refractivity contribution in [1.82, 2.24) is 15.1 Å². The summed E-state index contributed by atoms with van der Waals surface area (Å²) in [5.74, 6) is 0.167. The molecule has 9 nitrogen and oxygen atoms in total. The Balaban J connectivity index is 1.13. The molecule has 0 bridgehead atoms. The van der Waals surface area contributed by atoms with Gasteiger partial charge in [-0.3, -0.25) is 9.59 Å². The molecular formula is C25H29N5O4S. The van der Waals surface area contributed by atoms with Crippen molar-refractivity contribution in [3.8, 4) is 0 Å². The van der Waals surface area contributed by atoms with Crippen LogP contribution in [-0.2, 0) is 19.6 Å². The zero-order valence-corrected chi connectivity index (χ0v) is 20.3. The van der Waals surface area contributed by atoms with Crippen LogP contribution >= 0.6 is 0 Å². The number of anilines is 1. The fourth-order valence-electron chi connectivity index (χ4n) is 5.01. The zero-order valence-electron chi connectivity index (χ0n) is 19.5. The maximum absolute atomic E-state index is 13.0. The van der Waals surface area contributed by atoms with Gasteiger partial charge in [0.2, 0.25) is 11.8 Å². The first-order chi connectivity index (χ1) is 16.9. The molecule has 1 atom stereocenters. The van der Waals surface area contributed by atoms with Gasteiger partial charge in [0.05, 0.1) is 0 Å². The van der Waals surface area contributed by atoms with Crippen LogP contribution in [-0.4, -0.2) is 81.2 Å². The van der Waals surface area contributed by atoms with E-state index >= 15 is 0 Å². The summed E-state index contributed by atoms with van der Waals surface area (Å²) in [4.78, 5) is 31.7. The Hall–Kier alpha value is -3.40. The third kappa shape index (κ3) is 4.75. The summed E-state index contributed by atoms with van der Waals surface area (Å²) in [6, 6.07) is 16.4. The number of likely N-dealkylation sites (tertiary alicyclic amines) is 1. The lowest BCUT2D eigenvalue weighted by Crippen LogP contribution is -2.50. The highest BCUT2D eigenvalue weighted by Crippen LogP contribution is 2.31. The summed E-state index contributed by atoms with van der Waals surface area (Å²) >= 11 is 0. The summed E-state index contributed by atoms with van der Waals surface area (Å²) < 4.78 is 28.8. The van der Waals surface area contributed by atoms with Crippen LogP contribution in [0, 0.1) is 0 Å². The lowest BCUT2D eigenvalue weighted by molar-refractivity contribution is -0.131. The molecule has 10 heteroatoms. The number of nitrogens with one attached hydrogen (secondary N) is 1. The van der Waals surface area contributed by atoms with Crippen LogP contribution in [0.25, 0.3) is 0 Å². The average Bonchev–Trinajstić information content (AvgIpc) is 3.47. The number of benzene rings is 2. The molecule has 0 radical (unpaired) electrons. The Morgan fingerprint density at radius 2 is 1.66 bits per heavy atom. The van der Waals surface area contributed by atoms with E-state index in [2.05, 4.69) is 26.7 Å². The van der Waals surface area contributed by atoms with E-state index in [1.54, 1.807) is 23.1 Å². The van der Waals surface area contributed by atoms with Crippen molar-refractivity contribution in [1.29, 1.82) is 0 Å². The topological polar surface area (TPSA) is 102 Å². The number of amides is 2. The molecule has 35 heavy (non-hydrogen) atoms. The van der Waals surface area contributed by atoms with Crippen LogP contribution in [0.2, 0.25) is 0 Å². The smallest absolute Gasteiger partial charge is 0.285 e. The van der Waals surface area contributed by atoms with Crippen LogP contribution in [0.1, 0.15) is 24.8 Å². The molecule has 0 aliphatic carbocycles. The molecule has 0 saturated carbocycles. The number of hydrogen-bond donors (Lipinski definition) is 1. The third-order valence-corrected chi connectivity index (χ3v) is 8.16. The summed E-state index contributed by atoms with van der Waals surface area (Å²) in [6.45, 7) is 3.70. The summed E-state index contributed by atoms with van der Waals surface area (Å²) in [7, 11) is -3.74. The monoisotopic (exact) mass is 495 g/mol. The van der Waals surface area contributed by atoms with E-state index in [4.69, 9.17) is 0 Å². The van der Waals surface area contributed by atoms with E-state index in [0.717, 1.165) is 25.2 Å². The van der Waals surface area contributed by atoms with E-state index in [0.29, 0.717) is 37.5 Å². The molecule has 0 spiro atoms. The summed E-state index contributed by atoms with van der Waals surface area (Å²) in [6.07, 6.45) is 1.62. The first-order valence-corrected chi connectivity index (χ1v) is 13.4. The summed E-state index contributed by atoms with van der Waals surface area (Å²) in [5, 5.41) is 2.88. The lowest BCUT2D eigenvalue weighted by Gasteiger charge is -2.36. The maximum Gasteiger partial charge on any atom is 0.285 e. The number of rotatable bonds is 5. The number of para-hydroxylation sites is 1. The number of sulfonamides is 1. The molecule has 2 fully saturated rings. The van der Waals surface area contributed by atoms with Gasteiger partial charge in [-0.1, -0.05) is 30.3 Å². The van der Waals surface area contributed by atoms with Crippen molar-refractivity contribution in [3.05, 3.63) is 60.2 Å². The van der Waals surface area contributed by atoms with Gasteiger partial charge in [0.1, 0.15) is 10.9 Å². The number of piperazine rings is 1. The molecule has 5 rings (SSSR count). The Kier molecular flexibility index (Phi) is 6.46. The SMILES string of the molecule is O=C(NCCC(=O)N1CCN(c2ccccc2)CC1)[C@@H]1CCCN1C1=NS(=O)(=O)c2ccccc21. The van der Waals surface area contributed by atoms with Crippen molar-refractivity contribution in [2.75, 3.05) is 44.2 Å². The third-order valence-electron chi connectivity index (χ3n) is 6.83. The fraction of sp³-hybridized carbons (Fsp3) is 0.400. The van der Waals surface area contributed by atoms with Gasteiger partial charge < -0.3 is 20.0 Å². The van der Waals surface area contributed by atoms with Gasteiger partial charge in [-0.15, -0.1) is 4.40 Å². The van der Waals surface area contributed by atoms with Crippen LogP contribution < -0.4 is 10.2 Å². The van der Waals surface area contributed by atoms with Crippen molar-refractivity contribution in [2.24, 2.45) is 4.40 Å². The van der Waals surface area contributed by atoms with Gasteiger partial charge in [-0.05, 0) is 37.1 Å². The minimum atomic E-state index is -3.74. The van der Waals surface area contributed by atoms with Gasteiger partial charge >= 0.3 is 0 Å². The molecule has 2 saturated heterocycles. The number of nitrogens with zero attached hydrogens (tertiary/aromatic N) is 4. The molecule has 1 N–H and O–H groups in total. The van der Waals surface area contributed by atoms with Crippen LogP contribution in [0.15, 0.2) is 63.9 Å². The number of amidine groups is 1. The average molecular weight is 496 g/mol. The molecule has 184 valence electrons. The highest BCUT2D eigenvalue weighted by Gasteiger charge is 2.39. The Morgan fingerprint density at radius 3 is 2.43 bits per heavy atom. The molecule has 2 amide bonds. The highest BCUT2D eigenvalue weighted by molar-refractivity contribution is 7.90. The van der Waals surface area contributed by atoms with Crippen molar-refractivity contribution >= 4 is 33.4 Å². The molecule has 3 heterocycles. The standard InChI is InChI=1S/C25H29N5O4S/c31-23(29-17-15-28(16-18-29)19-7-2-1-3-8-19)12-13-26-25(32)21-10-6-14-30(21)24-20-9-4-5-11-22(20)35(33,34)27-24/h1-5,7-9,11,21H,6,10,12-18H2,(H,26,32)/t21-/m0/s1. The molecule has 0 aromatic heterocycles. The van der Waals surface area contributed by atoms with Gasteiger partial charge in [-0.2, -0.15) is 8.42 Å². The Bertz CT molecular complexity index is 1240. The van der Waals surface area contributed by atoms with Crippen LogP contribution in [0.3, 0.4) is 0 Å². The van der Waals surface area contributed by atoms with Gasteiger partial charge in [-0.25, -0.2) is 0 Å². The zero-order chi connectivity index (χ0) is 24.4. The maximum atomic E-state index is 13.0. The first kappa shape index (κ1) is 23.3. The summed E-state index contributed by atoms with van der Waals surface area (Å²) in [5.41, 5.74) is 1.70. The number of fused-ring (bicyclic) bond motifs is 1. The largest absolute Gasteiger partial charge is 0.368 e. The number of hydrogen-bond acceptors (Lipinski definition) is 6. The van der Waals surface area contributed by atoms with Crippen molar-refractivity contribution < 1.29 is 18.0 Å². The molecule has 3 aliphatic rings. The van der Waals surface area contributed by atoms with Crippen molar-refractivity contribution in [2.45, 2.75) is 30.2 Å². The highest BCUT2D eigenvalue weighted by atomic mass is 32.2. The fourth-order valence-corrected chi connectivity index (χ4v) is 6.23. The molecule has 3 aliphatic heterocycles. The number of carbonyl (C=O) groups excluding carboxylic acids is 2. The predicted octanol–water partition coefficient (Wildman–Crippen LogP) is 1.46. The second kappa shape index (κ2) is 9.69. The molecule has 2 aromatic rings. The van der Waals surface area contributed by atoms with Crippen LogP contribution in [0.4, 0.5) is 5.69 Å². The minimum Gasteiger partial charge on any atom is -0.368 e. The second-order valence-corrected chi connectivity index (χ2v) is 10.6. The minimum absolute atomic E-state index is 0.0291. The van der Waals surface area contributed by atoms with Crippen LogP contribution in [0.5, 0.6) is 0 Å². The molecular weight excluding hydrogens is 466 g/mol. The van der Waals surface area contributed by atoms with Gasteiger partial charge in [0.15, 0.2) is 5.84 Å². The number of carbonyl (C=O) groups is 2. The molecule has 2 aromatic carbocycles. The Labute approximate surface area is 205 Å². The molecule has 0 unspecified atom stereocenters. The second-order valence-electron chi connectivity index (χ2n) is 8.98. The van der Waals surface area contributed by atoms with Gasteiger partial charge in [0, 0.05) is 56.9 Å². The Morgan fingerprint density at radius 1 is 0.943 bits per heavy atom. The first-order valence-electron chi connectivity index (χ1n) is 12.0. The lowest BCUT2D eigenvalue weighted by atomic mass is 10.1. The van der Waals surface area contributed by atoms with Crippen molar-refractivity contribution in [3.63, 3.8) is 0 Å². The van der Waals surface area contributed by atoms with Gasteiger partial charge in [0.25, 0.3) is 10.0 Å². The van der Waals surface area contributed by atoms with E-state index < -0.39 is 16.1 Å². The van der Waals surface area contributed by atoms with E-state index in [9.17, 15) is 18.0 Å². The van der Waals surface area contributed by atoms with E-state index in [-0.39, 0.29) is 29.7 Å². The predicted molar refractivity (Wildman–Crippen MR) is 133 cm³/mol.